The van der Waals surface area contributed by atoms with Crippen molar-refractivity contribution >= 4 is 36.7 Å². The molecule has 25 heavy (non-hydrogen) atoms. The molecule has 2 atom stereocenters. The molecule has 1 aliphatic heterocycles. The van der Waals surface area contributed by atoms with Gasteiger partial charge in [0.05, 0.1) is 6.61 Å². The molecule has 0 saturated carbocycles. The molecule has 0 aromatic heterocycles. The molecule has 0 aromatic rings. The highest BCUT2D eigenvalue weighted by molar-refractivity contribution is 7.94. The number of carbonyl (C=O) groups is 2. The smallest absolute Gasteiger partial charge is 0.460 e. The fourth-order valence-corrected chi connectivity index (χ4v) is 3.26. The molecule has 0 N–H and O–H groups in total. The van der Waals surface area contributed by atoms with Crippen molar-refractivity contribution in [1.82, 2.24) is 0 Å². The van der Waals surface area contributed by atoms with E-state index in [1.54, 1.807) is 7.11 Å². The molecular formula is C15H26O8S2. The van der Waals surface area contributed by atoms with Gasteiger partial charge in [-0.05, 0) is 36.9 Å². The largest absolute Gasteiger partial charge is 0.508 e. The van der Waals surface area contributed by atoms with E-state index in [-0.39, 0.29) is 18.8 Å². The van der Waals surface area contributed by atoms with Crippen molar-refractivity contribution in [2.24, 2.45) is 0 Å². The van der Waals surface area contributed by atoms with Gasteiger partial charge in [-0.1, -0.05) is 12.8 Å². The summed E-state index contributed by atoms with van der Waals surface area (Å²) in [7, 11) is 1.55. The van der Waals surface area contributed by atoms with E-state index in [2.05, 4.69) is 4.74 Å². The first-order chi connectivity index (χ1) is 12.3. The Kier molecular flexibility index (Phi) is 13.9. The van der Waals surface area contributed by atoms with Crippen molar-refractivity contribution < 1.29 is 36.9 Å². The average Bonchev–Trinajstić information content (AvgIpc) is 3.01. The highest BCUT2D eigenvalue weighted by Gasteiger charge is 2.24. The van der Waals surface area contributed by atoms with E-state index in [0.29, 0.717) is 26.3 Å². The molecular weight excluding hydrogens is 372 g/mol. The maximum atomic E-state index is 10.7. The van der Waals surface area contributed by atoms with Crippen LogP contribution >= 0.6 is 24.1 Å². The summed E-state index contributed by atoms with van der Waals surface area (Å²) < 4.78 is 30.0. The monoisotopic (exact) mass is 398 g/mol. The van der Waals surface area contributed by atoms with Gasteiger partial charge in [0.1, 0.15) is 25.9 Å². The summed E-state index contributed by atoms with van der Waals surface area (Å²) in [6.07, 6.45) is 3.13. The molecule has 0 bridgehead atoms. The summed E-state index contributed by atoms with van der Waals surface area (Å²) in [6.45, 7) is 1.70. The van der Waals surface area contributed by atoms with Crippen LogP contribution < -0.4 is 0 Å². The van der Waals surface area contributed by atoms with E-state index in [1.807, 2.05) is 0 Å². The number of unbranched alkanes of at least 4 members (excludes halogenated alkanes) is 3. The molecule has 1 aliphatic rings. The molecule has 8 nitrogen and oxygen atoms in total. The van der Waals surface area contributed by atoms with Gasteiger partial charge in [-0.2, -0.15) is 0 Å². The Morgan fingerprint density at radius 2 is 1.88 bits per heavy atom. The topological polar surface area (TPSA) is 89.5 Å². The standard InChI is InChI=1S/C15H26O8S2/c1-18-8-13(20-12-16)10-21-24-6-4-2-3-5-7-25-22-11-14-9-19-15(17)23-14/h12-14H,2-11H2,1H3. The maximum absolute atomic E-state index is 10.7. The number of carbonyl (C=O) groups excluding carboxylic acids is 2. The lowest BCUT2D eigenvalue weighted by Crippen LogP contribution is -2.23. The fraction of sp³-hybridized carbons (Fsp3) is 0.867. The highest BCUT2D eigenvalue weighted by atomic mass is 32.2. The van der Waals surface area contributed by atoms with Crippen molar-refractivity contribution in [3.8, 4) is 0 Å². The first-order valence-corrected chi connectivity index (χ1v) is 9.98. The van der Waals surface area contributed by atoms with Gasteiger partial charge in [0.15, 0.2) is 6.10 Å². The summed E-state index contributed by atoms with van der Waals surface area (Å²) in [5.74, 6) is 1.81. The summed E-state index contributed by atoms with van der Waals surface area (Å²) in [5.41, 5.74) is 0. The minimum absolute atomic E-state index is 0.270. The predicted molar refractivity (Wildman–Crippen MR) is 94.3 cm³/mol. The van der Waals surface area contributed by atoms with Crippen molar-refractivity contribution in [3.63, 3.8) is 0 Å². The van der Waals surface area contributed by atoms with E-state index in [1.165, 1.54) is 24.1 Å². The molecule has 0 radical (unpaired) electrons. The van der Waals surface area contributed by atoms with Gasteiger partial charge in [-0.3, -0.25) is 4.79 Å². The van der Waals surface area contributed by atoms with Crippen LogP contribution in [-0.2, 0) is 32.1 Å². The van der Waals surface area contributed by atoms with E-state index in [4.69, 9.17) is 22.6 Å². The van der Waals surface area contributed by atoms with Gasteiger partial charge in [0.25, 0.3) is 6.47 Å². The minimum atomic E-state index is -0.620. The number of ether oxygens (including phenoxy) is 4. The van der Waals surface area contributed by atoms with Gasteiger partial charge in [-0.25, -0.2) is 4.79 Å². The number of rotatable bonds is 17. The van der Waals surface area contributed by atoms with Crippen LogP contribution in [0.4, 0.5) is 4.79 Å². The molecule has 1 rings (SSSR count). The summed E-state index contributed by atoms with van der Waals surface area (Å²) in [6, 6.07) is 0. The van der Waals surface area contributed by atoms with Crippen molar-refractivity contribution in [2.75, 3.05) is 45.0 Å². The van der Waals surface area contributed by atoms with Crippen LogP contribution in [0.25, 0.3) is 0 Å². The van der Waals surface area contributed by atoms with Crippen LogP contribution in [0, 0.1) is 0 Å². The zero-order valence-electron chi connectivity index (χ0n) is 14.4. The van der Waals surface area contributed by atoms with Crippen LogP contribution in [0.5, 0.6) is 0 Å². The average molecular weight is 398 g/mol. The Morgan fingerprint density at radius 1 is 1.16 bits per heavy atom. The second-order valence-electron chi connectivity index (χ2n) is 5.24. The normalized spacial score (nSPS) is 17.8. The Bertz CT molecular complexity index is 358. The number of cyclic esters (lactones) is 2. The summed E-state index contributed by atoms with van der Waals surface area (Å²) in [5, 5.41) is 0. The Balaban J connectivity index is 1.78. The van der Waals surface area contributed by atoms with Crippen molar-refractivity contribution in [1.29, 1.82) is 0 Å². The summed E-state index contributed by atoms with van der Waals surface area (Å²) in [4.78, 5) is 21.0. The van der Waals surface area contributed by atoms with E-state index in [0.717, 1.165) is 37.2 Å². The molecule has 0 amide bonds. The molecule has 146 valence electrons. The van der Waals surface area contributed by atoms with E-state index in [9.17, 15) is 9.59 Å². The first kappa shape index (κ1) is 22.4. The fourth-order valence-electron chi connectivity index (χ4n) is 1.88. The molecule has 2 unspecified atom stereocenters. The second kappa shape index (κ2) is 15.6. The van der Waals surface area contributed by atoms with E-state index < -0.39 is 6.16 Å². The molecule has 1 saturated heterocycles. The number of hydrogen-bond donors (Lipinski definition) is 0. The zero-order chi connectivity index (χ0) is 18.2. The molecule has 1 fully saturated rings. The lowest BCUT2D eigenvalue weighted by atomic mass is 10.2. The summed E-state index contributed by atoms with van der Waals surface area (Å²) >= 11 is 2.78. The van der Waals surface area contributed by atoms with Gasteiger partial charge in [0.2, 0.25) is 0 Å². The van der Waals surface area contributed by atoms with Gasteiger partial charge >= 0.3 is 6.16 Å². The Hall–Kier alpha value is -0.680. The predicted octanol–water partition coefficient (Wildman–Crippen LogP) is 2.60. The third-order valence-corrected chi connectivity index (χ3v) is 4.65. The van der Waals surface area contributed by atoms with Gasteiger partial charge in [-0.15, -0.1) is 0 Å². The highest BCUT2D eigenvalue weighted by Crippen LogP contribution is 2.14. The van der Waals surface area contributed by atoms with Crippen molar-refractivity contribution in [3.05, 3.63) is 0 Å². The Morgan fingerprint density at radius 3 is 2.48 bits per heavy atom. The third kappa shape index (κ3) is 12.3. The molecule has 10 heteroatoms. The van der Waals surface area contributed by atoms with Crippen LogP contribution in [0.1, 0.15) is 25.7 Å². The van der Waals surface area contributed by atoms with Crippen LogP contribution in [0.2, 0.25) is 0 Å². The number of hydrogen-bond acceptors (Lipinski definition) is 10. The van der Waals surface area contributed by atoms with Gasteiger partial charge in [0, 0.05) is 18.6 Å². The quantitative estimate of drug-likeness (QED) is 0.158. The second-order valence-corrected chi connectivity index (χ2v) is 7.00. The zero-order valence-corrected chi connectivity index (χ0v) is 16.0. The van der Waals surface area contributed by atoms with Crippen LogP contribution in [-0.4, -0.2) is 69.9 Å². The van der Waals surface area contributed by atoms with Crippen LogP contribution in [0.3, 0.4) is 0 Å². The van der Waals surface area contributed by atoms with Gasteiger partial charge < -0.3 is 27.3 Å². The Labute approximate surface area is 157 Å². The van der Waals surface area contributed by atoms with Crippen LogP contribution in [0.15, 0.2) is 0 Å². The molecule has 0 aliphatic carbocycles. The SMILES string of the molecule is COCC(COSCCCCCCSOCC1COC(=O)O1)OC=O. The lowest BCUT2D eigenvalue weighted by Gasteiger charge is -2.13. The minimum Gasteiger partial charge on any atom is -0.460 e. The van der Waals surface area contributed by atoms with E-state index >= 15 is 0 Å². The molecule has 1 heterocycles. The third-order valence-electron chi connectivity index (χ3n) is 3.13. The lowest BCUT2D eigenvalue weighted by molar-refractivity contribution is -0.137. The number of methoxy groups -OCH3 is 1. The molecule has 0 aromatic carbocycles. The van der Waals surface area contributed by atoms with Crippen molar-refractivity contribution in [2.45, 2.75) is 37.9 Å². The molecule has 0 spiro atoms. The first-order valence-electron chi connectivity index (χ1n) is 8.16. The maximum Gasteiger partial charge on any atom is 0.508 e.